The minimum atomic E-state index is -3.60. The summed E-state index contributed by atoms with van der Waals surface area (Å²) in [5.74, 6) is -3.01. The number of amides is 3. The van der Waals surface area contributed by atoms with Gasteiger partial charge in [-0.25, -0.2) is 13.2 Å². The van der Waals surface area contributed by atoms with E-state index in [0.29, 0.717) is 39.1 Å². The van der Waals surface area contributed by atoms with Crippen molar-refractivity contribution in [2.75, 3.05) is 44.4 Å². The smallest absolute Gasteiger partial charge is 0.412 e. The van der Waals surface area contributed by atoms with Crippen molar-refractivity contribution < 1.29 is 37.1 Å². The summed E-state index contributed by atoms with van der Waals surface area (Å²) in [6.07, 6.45) is 0.650. The van der Waals surface area contributed by atoms with E-state index < -0.39 is 45.3 Å². The molecule has 0 spiro atoms. The van der Waals surface area contributed by atoms with Crippen molar-refractivity contribution in [3.8, 4) is 0 Å². The highest BCUT2D eigenvalue weighted by atomic mass is 32.2. The average molecular weight is 530 g/mol. The van der Waals surface area contributed by atoms with Crippen LogP contribution in [0.3, 0.4) is 0 Å². The summed E-state index contributed by atoms with van der Waals surface area (Å²) in [7, 11) is -3.60. The Labute approximate surface area is 213 Å². The number of ketones is 1. The highest BCUT2D eigenvalue weighted by Crippen LogP contribution is 2.31. The van der Waals surface area contributed by atoms with Crippen molar-refractivity contribution in [3.63, 3.8) is 0 Å². The number of sulfone groups is 1. The van der Waals surface area contributed by atoms with Crippen LogP contribution in [-0.4, -0.2) is 98.0 Å². The first-order valence-corrected chi connectivity index (χ1v) is 14.6. The van der Waals surface area contributed by atoms with E-state index >= 15 is 0 Å². The molecule has 1 aliphatic carbocycles. The van der Waals surface area contributed by atoms with Gasteiger partial charge >= 0.3 is 6.09 Å². The van der Waals surface area contributed by atoms with Gasteiger partial charge in [0.15, 0.2) is 21.8 Å². The van der Waals surface area contributed by atoms with Crippen LogP contribution in [0.4, 0.5) is 4.79 Å². The molecule has 2 heterocycles. The Bertz CT molecular complexity index is 935. The average Bonchev–Trinajstić information content (AvgIpc) is 3.60. The van der Waals surface area contributed by atoms with Gasteiger partial charge in [0.2, 0.25) is 11.8 Å². The molecule has 2 saturated heterocycles. The van der Waals surface area contributed by atoms with Gasteiger partial charge in [-0.2, -0.15) is 0 Å². The Hall–Kier alpha value is -2.21. The number of carbonyl (C=O) groups is 4. The summed E-state index contributed by atoms with van der Waals surface area (Å²) in [6, 6.07) is 0. The third-order valence-electron chi connectivity index (χ3n) is 6.39. The second-order valence-electron chi connectivity index (χ2n) is 10.9. The zero-order valence-corrected chi connectivity index (χ0v) is 22.3. The van der Waals surface area contributed by atoms with E-state index in [4.69, 9.17) is 9.47 Å². The van der Waals surface area contributed by atoms with Crippen LogP contribution >= 0.6 is 0 Å². The summed E-state index contributed by atoms with van der Waals surface area (Å²) < 4.78 is 36.4. The van der Waals surface area contributed by atoms with E-state index in [1.54, 1.807) is 25.7 Å². The van der Waals surface area contributed by atoms with Gasteiger partial charge in [0.05, 0.1) is 30.6 Å². The minimum absolute atomic E-state index is 0.0189. The Morgan fingerprint density at radius 3 is 2.39 bits per heavy atom. The van der Waals surface area contributed by atoms with Crippen LogP contribution in [0.5, 0.6) is 0 Å². The van der Waals surface area contributed by atoms with Crippen LogP contribution in [0.25, 0.3) is 0 Å². The first-order chi connectivity index (χ1) is 16.8. The Morgan fingerprint density at radius 1 is 1.11 bits per heavy atom. The Kier molecular flexibility index (Phi) is 9.37. The molecule has 1 saturated carbocycles. The highest BCUT2D eigenvalue weighted by molar-refractivity contribution is 7.91. The zero-order valence-electron chi connectivity index (χ0n) is 21.5. The topological polar surface area (TPSA) is 139 Å². The van der Waals surface area contributed by atoms with E-state index in [-0.39, 0.29) is 42.7 Å². The summed E-state index contributed by atoms with van der Waals surface area (Å²) >= 11 is 0. The zero-order chi connectivity index (χ0) is 26.5. The first kappa shape index (κ1) is 28.4. The molecule has 2 atom stereocenters. The van der Waals surface area contributed by atoms with Gasteiger partial charge in [-0.05, 0) is 52.4 Å². The van der Waals surface area contributed by atoms with Crippen molar-refractivity contribution in [2.45, 2.75) is 71.1 Å². The molecule has 3 amide bonds. The molecule has 2 aliphatic heterocycles. The molecule has 204 valence electrons. The number of nitrogens with zero attached hydrogens (tertiary/aromatic N) is 2. The number of carbonyl (C=O) groups excluding carboxylic acids is 4. The van der Waals surface area contributed by atoms with Crippen LogP contribution < -0.4 is 5.32 Å². The predicted octanol–water partition coefficient (Wildman–Crippen LogP) is 1.11. The van der Waals surface area contributed by atoms with Crippen LogP contribution in [0.2, 0.25) is 0 Å². The molecule has 3 rings (SSSR count). The first-order valence-electron chi connectivity index (χ1n) is 12.7. The molecule has 2 unspecified atom stereocenters. The monoisotopic (exact) mass is 529 g/mol. The molecule has 36 heavy (non-hydrogen) atoms. The van der Waals surface area contributed by atoms with Gasteiger partial charge in [-0.15, -0.1) is 0 Å². The highest BCUT2D eigenvalue weighted by Gasteiger charge is 2.39. The molecule has 0 aromatic rings. The maximum Gasteiger partial charge on any atom is 0.412 e. The lowest BCUT2D eigenvalue weighted by molar-refractivity contribution is -0.140. The largest absolute Gasteiger partial charge is 0.444 e. The Morgan fingerprint density at radius 2 is 1.78 bits per heavy atom. The quantitative estimate of drug-likeness (QED) is 0.493. The lowest BCUT2D eigenvalue weighted by Gasteiger charge is -2.33. The maximum atomic E-state index is 13.4. The third kappa shape index (κ3) is 8.72. The van der Waals surface area contributed by atoms with Crippen molar-refractivity contribution >= 4 is 33.5 Å². The van der Waals surface area contributed by atoms with Crippen LogP contribution in [-0.2, 0) is 33.7 Å². The third-order valence-corrected chi connectivity index (χ3v) is 8.28. The van der Waals surface area contributed by atoms with Crippen molar-refractivity contribution in [2.24, 2.45) is 11.8 Å². The van der Waals surface area contributed by atoms with E-state index in [9.17, 15) is 27.6 Å². The molecule has 11 nitrogen and oxygen atoms in total. The molecule has 3 aliphatic rings. The second kappa shape index (κ2) is 11.9. The lowest BCUT2D eigenvalue weighted by Crippen LogP contribution is -2.57. The molecule has 0 bridgehead atoms. The van der Waals surface area contributed by atoms with E-state index in [0.717, 1.165) is 12.8 Å². The summed E-state index contributed by atoms with van der Waals surface area (Å²) in [5.41, 5.74) is -0.801. The molecule has 3 fully saturated rings. The van der Waals surface area contributed by atoms with E-state index in [2.05, 4.69) is 5.32 Å². The fraction of sp³-hybridized carbons (Fsp3) is 0.833. The fourth-order valence-electron chi connectivity index (χ4n) is 4.35. The van der Waals surface area contributed by atoms with Gasteiger partial charge in [0.25, 0.3) is 0 Å². The minimum Gasteiger partial charge on any atom is -0.444 e. The van der Waals surface area contributed by atoms with Crippen molar-refractivity contribution in [1.82, 2.24) is 15.1 Å². The van der Waals surface area contributed by atoms with Gasteiger partial charge in [-0.3, -0.25) is 19.3 Å². The van der Waals surface area contributed by atoms with E-state index in [1.807, 2.05) is 0 Å². The molecule has 0 aromatic heterocycles. The van der Waals surface area contributed by atoms with Crippen LogP contribution in [0, 0.1) is 11.8 Å². The van der Waals surface area contributed by atoms with Gasteiger partial charge < -0.3 is 19.7 Å². The standard InChI is InChI=1S/C24H39N3O8S/c1-24(2,3)35-23(31)27-9-5-4-6-19(28)21(27)25-22(30)18(16-36(32,33)15-17-7-8-17)14-20(29)26-10-12-34-13-11-26/h17-18,21H,4-16H2,1-3H3,(H,25,30). The lowest BCUT2D eigenvalue weighted by atomic mass is 10.0. The number of hydrogen-bond acceptors (Lipinski definition) is 8. The molecular weight excluding hydrogens is 490 g/mol. The molecule has 0 aromatic carbocycles. The number of Topliss-reactive ketones (excluding diaryl/α,β-unsaturated/α-hetero) is 1. The summed E-state index contributed by atoms with van der Waals surface area (Å²) in [4.78, 5) is 54.8. The van der Waals surface area contributed by atoms with Gasteiger partial charge in [-0.1, -0.05) is 0 Å². The summed E-state index contributed by atoms with van der Waals surface area (Å²) in [5, 5.41) is 2.60. The SMILES string of the molecule is CC(C)(C)OC(=O)N1CCCCC(=O)C1NC(=O)C(CC(=O)N1CCOCC1)CS(=O)(=O)CC1CC1. The van der Waals surface area contributed by atoms with Crippen molar-refractivity contribution in [3.05, 3.63) is 0 Å². The van der Waals surface area contributed by atoms with E-state index in [1.165, 1.54) is 4.90 Å². The summed E-state index contributed by atoms with van der Waals surface area (Å²) in [6.45, 7) is 6.82. The number of likely N-dealkylation sites (tertiary alicyclic amines) is 1. The second-order valence-corrected chi connectivity index (χ2v) is 13.1. The molecule has 1 N–H and O–H groups in total. The van der Waals surface area contributed by atoms with Gasteiger partial charge in [0.1, 0.15) is 5.60 Å². The maximum absolute atomic E-state index is 13.4. The number of hydrogen-bond donors (Lipinski definition) is 1. The van der Waals surface area contributed by atoms with Crippen LogP contribution in [0.1, 0.15) is 59.3 Å². The number of ether oxygens (including phenoxy) is 2. The Balaban J connectivity index is 1.78. The van der Waals surface area contributed by atoms with Crippen LogP contribution in [0.15, 0.2) is 0 Å². The fourth-order valence-corrected chi connectivity index (χ4v) is 6.42. The molecule has 12 heteroatoms. The molecule has 0 radical (unpaired) electrons. The normalized spacial score (nSPS) is 22.5. The molecular formula is C24H39N3O8S. The predicted molar refractivity (Wildman–Crippen MR) is 131 cm³/mol. The van der Waals surface area contributed by atoms with Gasteiger partial charge in [0, 0.05) is 32.5 Å². The van der Waals surface area contributed by atoms with Crippen molar-refractivity contribution in [1.29, 1.82) is 0 Å². The number of nitrogens with one attached hydrogen (secondary N) is 1. The number of rotatable bonds is 8. The number of morpholine rings is 1.